The standard InChI is InChI=1S/C27H23N3O4/c1-17-13-26(31)34-24-14-20(11-12-21(17)24)33-16-18-7-9-19(10-8-18)27(32)30(2)15-25-28-22-5-3-4-6-23(22)29-25/h3-14H,15-16H2,1-2H3,(H,28,29). The Bertz CT molecular complexity index is 1520. The summed E-state index contributed by atoms with van der Waals surface area (Å²) in [6, 6.07) is 22.0. The molecular formula is C27H23N3O4. The molecule has 1 N–H and O–H groups in total. The fourth-order valence-corrected chi connectivity index (χ4v) is 3.90. The number of imidazole rings is 1. The molecule has 1 amide bonds. The maximum atomic E-state index is 12.9. The average Bonchev–Trinajstić information content (AvgIpc) is 3.24. The molecule has 7 heteroatoms. The predicted octanol–water partition coefficient (Wildman–Crippen LogP) is 4.83. The molecule has 0 aliphatic heterocycles. The lowest BCUT2D eigenvalue weighted by atomic mass is 10.1. The van der Waals surface area contributed by atoms with Gasteiger partial charge in [0.1, 0.15) is 23.8 Å². The molecular weight excluding hydrogens is 430 g/mol. The van der Waals surface area contributed by atoms with Gasteiger partial charge in [-0.05, 0) is 54.4 Å². The first kappa shape index (κ1) is 21.5. The van der Waals surface area contributed by atoms with Gasteiger partial charge in [-0.2, -0.15) is 0 Å². The van der Waals surface area contributed by atoms with Crippen LogP contribution in [0.25, 0.3) is 22.0 Å². The average molecular weight is 453 g/mol. The van der Waals surface area contributed by atoms with Crippen molar-refractivity contribution in [2.75, 3.05) is 7.05 Å². The zero-order valence-corrected chi connectivity index (χ0v) is 18.9. The number of nitrogens with zero attached hydrogens (tertiary/aromatic N) is 2. The van der Waals surface area contributed by atoms with Gasteiger partial charge in [0.2, 0.25) is 0 Å². The second kappa shape index (κ2) is 8.86. The summed E-state index contributed by atoms with van der Waals surface area (Å²) in [4.78, 5) is 33.9. The number of para-hydroxylation sites is 2. The Labute approximate surface area is 195 Å². The summed E-state index contributed by atoms with van der Waals surface area (Å²) >= 11 is 0. The number of fused-ring (bicyclic) bond motifs is 2. The molecule has 5 rings (SSSR count). The zero-order valence-electron chi connectivity index (χ0n) is 18.9. The van der Waals surface area contributed by atoms with Crippen LogP contribution in [0.2, 0.25) is 0 Å². The Balaban J connectivity index is 1.23. The van der Waals surface area contributed by atoms with Crippen molar-refractivity contribution in [2.45, 2.75) is 20.1 Å². The first-order chi connectivity index (χ1) is 16.5. The minimum atomic E-state index is -0.382. The number of aryl methyl sites for hydroxylation is 1. The minimum absolute atomic E-state index is 0.0900. The van der Waals surface area contributed by atoms with Crippen molar-refractivity contribution in [3.63, 3.8) is 0 Å². The van der Waals surface area contributed by atoms with Gasteiger partial charge in [-0.3, -0.25) is 4.79 Å². The molecule has 0 radical (unpaired) electrons. The first-order valence-corrected chi connectivity index (χ1v) is 10.9. The van der Waals surface area contributed by atoms with E-state index in [4.69, 9.17) is 9.15 Å². The minimum Gasteiger partial charge on any atom is -0.489 e. The molecule has 5 aromatic rings. The van der Waals surface area contributed by atoms with Crippen molar-refractivity contribution in [3.05, 3.63) is 106 Å². The molecule has 0 aliphatic carbocycles. The molecule has 170 valence electrons. The van der Waals surface area contributed by atoms with Gasteiger partial charge in [0.05, 0.1) is 17.6 Å². The van der Waals surface area contributed by atoms with Crippen molar-refractivity contribution < 1.29 is 13.9 Å². The number of nitrogens with one attached hydrogen (secondary N) is 1. The number of amides is 1. The fraction of sp³-hybridized carbons (Fsp3) is 0.148. The maximum absolute atomic E-state index is 12.9. The highest BCUT2D eigenvalue weighted by Gasteiger charge is 2.14. The van der Waals surface area contributed by atoms with Crippen molar-refractivity contribution in [1.29, 1.82) is 0 Å². The summed E-state index contributed by atoms with van der Waals surface area (Å²) in [5.41, 5.74) is 4.32. The van der Waals surface area contributed by atoms with Crippen LogP contribution in [0.3, 0.4) is 0 Å². The van der Waals surface area contributed by atoms with Crippen molar-refractivity contribution in [3.8, 4) is 5.75 Å². The monoisotopic (exact) mass is 453 g/mol. The quantitative estimate of drug-likeness (QED) is 0.372. The van der Waals surface area contributed by atoms with E-state index in [2.05, 4.69) is 9.97 Å². The largest absolute Gasteiger partial charge is 0.489 e. The van der Waals surface area contributed by atoms with E-state index in [-0.39, 0.29) is 11.5 Å². The summed E-state index contributed by atoms with van der Waals surface area (Å²) in [6.07, 6.45) is 0. The highest BCUT2D eigenvalue weighted by molar-refractivity contribution is 5.94. The van der Waals surface area contributed by atoms with Crippen LogP contribution < -0.4 is 10.4 Å². The molecule has 0 bridgehead atoms. The molecule has 7 nitrogen and oxygen atoms in total. The Morgan fingerprint density at radius 1 is 1.06 bits per heavy atom. The van der Waals surface area contributed by atoms with E-state index in [0.717, 1.165) is 33.4 Å². The molecule has 2 heterocycles. The van der Waals surface area contributed by atoms with Crippen LogP contribution in [-0.2, 0) is 13.2 Å². The number of carbonyl (C=O) groups excluding carboxylic acids is 1. The lowest BCUT2D eigenvalue weighted by molar-refractivity contribution is 0.0782. The van der Waals surface area contributed by atoms with E-state index in [0.29, 0.717) is 30.0 Å². The van der Waals surface area contributed by atoms with Crippen molar-refractivity contribution in [1.82, 2.24) is 14.9 Å². The highest BCUT2D eigenvalue weighted by Crippen LogP contribution is 2.23. The Morgan fingerprint density at radius 2 is 1.85 bits per heavy atom. The van der Waals surface area contributed by atoms with Crippen molar-refractivity contribution in [2.24, 2.45) is 0 Å². The molecule has 2 aromatic heterocycles. The topological polar surface area (TPSA) is 88.4 Å². The molecule has 0 atom stereocenters. The number of aromatic nitrogens is 2. The maximum Gasteiger partial charge on any atom is 0.336 e. The number of H-pyrrole nitrogens is 1. The molecule has 3 aromatic carbocycles. The second-order valence-corrected chi connectivity index (χ2v) is 8.25. The van der Waals surface area contributed by atoms with E-state index >= 15 is 0 Å². The van der Waals surface area contributed by atoms with Gasteiger partial charge in [-0.15, -0.1) is 0 Å². The van der Waals surface area contributed by atoms with Crippen molar-refractivity contribution >= 4 is 27.9 Å². The Hall–Kier alpha value is -4.39. The van der Waals surface area contributed by atoms with E-state index < -0.39 is 0 Å². The molecule has 0 saturated heterocycles. The van der Waals surface area contributed by atoms with Gasteiger partial charge in [-0.25, -0.2) is 9.78 Å². The van der Waals surface area contributed by atoms with Crippen LogP contribution in [0.5, 0.6) is 5.75 Å². The highest BCUT2D eigenvalue weighted by atomic mass is 16.5. The first-order valence-electron chi connectivity index (χ1n) is 10.9. The van der Waals surface area contributed by atoms with Gasteiger partial charge in [0, 0.05) is 30.1 Å². The third-order valence-corrected chi connectivity index (χ3v) is 5.70. The molecule has 0 unspecified atom stereocenters. The summed E-state index contributed by atoms with van der Waals surface area (Å²) in [5, 5.41) is 0.876. The van der Waals surface area contributed by atoms with Crippen LogP contribution in [0, 0.1) is 6.92 Å². The number of benzene rings is 3. The fourth-order valence-electron chi connectivity index (χ4n) is 3.90. The number of aromatic amines is 1. The number of hydrogen-bond acceptors (Lipinski definition) is 5. The third kappa shape index (κ3) is 4.41. The van der Waals surface area contributed by atoms with Gasteiger partial charge in [-0.1, -0.05) is 24.3 Å². The van der Waals surface area contributed by atoms with Gasteiger partial charge in [0.15, 0.2) is 0 Å². The van der Waals surface area contributed by atoms with Gasteiger partial charge in [0.25, 0.3) is 5.91 Å². The number of ether oxygens (including phenoxy) is 1. The summed E-state index contributed by atoms with van der Waals surface area (Å²) in [7, 11) is 1.76. The normalized spacial score (nSPS) is 11.1. The third-order valence-electron chi connectivity index (χ3n) is 5.70. The second-order valence-electron chi connectivity index (χ2n) is 8.25. The molecule has 0 spiro atoms. The van der Waals surface area contributed by atoms with E-state index in [1.54, 1.807) is 30.1 Å². The molecule has 0 fully saturated rings. The molecule has 0 aliphatic rings. The number of hydrogen-bond donors (Lipinski definition) is 1. The Morgan fingerprint density at radius 3 is 2.65 bits per heavy atom. The van der Waals surface area contributed by atoms with Crippen LogP contribution in [0.1, 0.15) is 27.3 Å². The summed E-state index contributed by atoms with van der Waals surface area (Å²) in [6.45, 7) is 2.58. The summed E-state index contributed by atoms with van der Waals surface area (Å²) in [5.74, 6) is 1.25. The lowest BCUT2D eigenvalue weighted by Gasteiger charge is -2.16. The smallest absolute Gasteiger partial charge is 0.336 e. The van der Waals surface area contributed by atoms with Crippen LogP contribution in [0.4, 0.5) is 0 Å². The van der Waals surface area contributed by atoms with Crippen LogP contribution in [-0.4, -0.2) is 27.8 Å². The SMILES string of the molecule is Cc1cc(=O)oc2cc(OCc3ccc(C(=O)N(C)Cc4nc5ccccc5[nH]4)cc3)ccc12. The van der Waals surface area contributed by atoms with E-state index in [9.17, 15) is 9.59 Å². The van der Waals surface area contributed by atoms with E-state index in [1.165, 1.54) is 6.07 Å². The Kier molecular flexibility index (Phi) is 5.59. The number of carbonyl (C=O) groups is 1. The van der Waals surface area contributed by atoms with Crippen LogP contribution in [0.15, 0.2) is 82.0 Å². The predicted molar refractivity (Wildman–Crippen MR) is 130 cm³/mol. The van der Waals surface area contributed by atoms with Gasteiger partial charge >= 0.3 is 5.63 Å². The van der Waals surface area contributed by atoms with E-state index in [1.807, 2.05) is 55.5 Å². The van der Waals surface area contributed by atoms with Gasteiger partial charge < -0.3 is 19.0 Å². The number of rotatable bonds is 6. The molecule has 34 heavy (non-hydrogen) atoms. The molecule has 0 saturated carbocycles. The van der Waals surface area contributed by atoms with Crippen LogP contribution >= 0.6 is 0 Å². The zero-order chi connectivity index (χ0) is 23.7. The lowest BCUT2D eigenvalue weighted by Crippen LogP contribution is -2.26. The summed E-state index contributed by atoms with van der Waals surface area (Å²) < 4.78 is 11.1.